The summed E-state index contributed by atoms with van der Waals surface area (Å²) in [4.78, 5) is 11.8. The van der Waals surface area contributed by atoms with Crippen molar-refractivity contribution in [1.29, 1.82) is 0 Å². The van der Waals surface area contributed by atoms with Crippen LogP contribution in [0.5, 0.6) is 0 Å². The fourth-order valence-electron chi connectivity index (χ4n) is 1.55. The molecule has 0 heterocycles. The minimum absolute atomic E-state index is 0.0657. The summed E-state index contributed by atoms with van der Waals surface area (Å²) in [6.45, 7) is 7.46. The lowest BCUT2D eigenvalue weighted by atomic mass is 10.0. The zero-order valence-corrected chi connectivity index (χ0v) is 12.0. The number of benzene rings is 1. The fraction of sp³-hybridized carbons (Fsp3) is 0.533. The van der Waals surface area contributed by atoms with Crippen LogP contribution >= 0.6 is 0 Å². The van der Waals surface area contributed by atoms with Gasteiger partial charge in [0.1, 0.15) is 0 Å². The van der Waals surface area contributed by atoms with E-state index in [1.54, 1.807) is 6.92 Å². The fourth-order valence-corrected chi connectivity index (χ4v) is 1.55. The van der Waals surface area contributed by atoms with Gasteiger partial charge in [0, 0.05) is 25.2 Å². The Kier molecular flexibility index (Phi) is 5.99. The van der Waals surface area contributed by atoms with Crippen LogP contribution in [-0.4, -0.2) is 36.2 Å². The summed E-state index contributed by atoms with van der Waals surface area (Å²) in [7, 11) is 0. The molecule has 0 bridgehead atoms. The number of amides is 1. The third kappa shape index (κ3) is 5.85. The molecule has 0 aliphatic carbocycles. The second kappa shape index (κ2) is 7.26. The summed E-state index contributed by atoms with van der Waals surface area (Å²) in [5, 5.41) is 15.8. The van der Waals surface area contributed by atoms with Crippen LogP contribution in [0.4, 0.5) is 0 Å². The second-order valence-corrected chi connectivity index (χ2v) is 5.15. The van der Waals surface area contributed by atoms with E-state index in [0.29, 0.717) is 31.6 Å². The molecule has 0 saturated carbocycles. The van der Waals surface area contributed by atoms with Crippen LogP contribution < -0.4 is 10.6 Å². The lowest BCUT2D eigenvalue weighted by Gasteiger charge is -2.21. The minimum atomic E-state index is -0.680. The number of rotatable bonds is 7. The second-order valence-electron chi connectivity index (χ2n) is 5.15. The lowest BCUT2D eigenvalue weighted by Crippen LogP contribution is -2.40. The van der Waals surface area contributed by atoms with Crippen molar-refractivity contribution in [2.45, 2.75) is 32.8 Å². The van der Waals surface area contributed by atoms with E-state index in [1.165, 1.54) is 0 Å². The highest BCUT2D eigenvalue weighted by atomic mass is 16.3. The van der Waals surface area contributed by atoms with E-state index in [0.717, 1.165) is 5.56 Å². The molecular weight excluding hydrogens is 240 g/mol. The van der Waals surface area contributed by atoms with Crippen molar-refractivity contribution in [1.82, 2.24) is 10.6 Å². The summed E-state index contributed by atoms with van der Waals surface area (Å²) in [5.74, 6) is -0.0657. The molecule has 3 N–H and O–H groups in total. The molecule has 4 nitrogen and oxygen atoms in total. The Morgan fingerprint density at radius 3 is 2.47 bits per heavy atom. The predicted molar refractivity (Wildman–Crippen MR) is 77.3 cm³/mol. The van der Waals surface area contributed by atoms with Crippen molar-refractivity contribution < 1.29 is 9.90 Å². The highest BCUT2D eigenvalue weighted by Gasteiger charge is 2.15. The highest BCUT2D eigenvalue weighted by Crippen LogP contribution is 2.05. The van der Waals surface area contributed by atoms with E-state index in [-0.39, 0.29) is 5.91 Å². The first-order valence-corrected chi connectivity index (χ1v) is 6.72. The van der Waals surface area contributed by atoms with Crippen LogP contribution in [-0.2, 0) is 0 Å². The van der Waals surface area contributed by atoms with Gasteiger partial charge >= 0.3 is 0 Å². The van der Waals surface area contributed by atoms with E-state index in [9.17, 15) is 9.90 Å². The Morgan fingerprint density at radius 1 is 1.26 bits per heavy atom. The molecule has 0 aliphatic heterocycles. The third-order valence-corrected chi connectivity index (χ3v) is 3.17. The molecule has 0 saturated heterocycles. The van der Waals surface area contributed by atoms with Crippen LogP contribution in [0.2, 0.25) is 0 Å². The number of hydrogen-bond donors (Lipinski definition) is 3. The third-order valence-electron chi connectivity index (χ3n) is 3.17. The van der Waals surface area contributed by atoms with Gasteiger partial charge in [-0.15, -0.1) is 0 Å². The van der Waals surface area contributed by atoms with Gasteiger partial charge in [0.2, 0.25) is 0 Å². The van der Waals surface area contributed by atoms with Crippen molar-refractivity contribution in [2.75, 3.05) is 19.6 Å². The molecule has 4 heteroatoms. The van der Waals surface area contributed by atoms with Gasteiger partial charge in [-0.3, -0.25) is 4.79 Å². The first kappa shape index (κ1) is 15.7. The molecule has 0 radical (unpaired) electrons. The van der Waals surface area contributed by atoms with Crippen LogP contribution in [0.15, 0.2) is 24.3 Å². The van der Waals surface area contributed by atoms with Gasteiger partial charge in [-0.2, -0.15) is 0 Å². The van der Waals surface area contributed by atoms with Gasteiger partial charge < -0.3 is 15.7 Å². The number of aryl methyl sites for hydroxylation is 1. The predicted octanol–water partition coefficient (Wildman–Crippen LogP) is 1.48. The van der Waals surface area contributed by atoms with Crippen LogP contribution in [0.25, 0.3) is 0 Å². The van der Waals surface area contributed by atoms with Gasteiger partial charge in [-0.1, -0.05) is 24.6 Å². The summed E-state index contributed by atoms with van der Waals surface area (Å²) in [6, 6.07) is 7.48. The first-order valence-electron chi connectivity index (χ1n) is 6.72. The summed E-state index contributed by atoms with van der Waals surface area (Å²) in [5.41, 5.74) is 1.13. The molecular formula is C15H24N2O2. The maximum atomic E-state index is 11.8. The van der Waals surface area contributed by atoms with Gasteiger partial charge in [0.15, 0.2) is 0 Å². The average Bonchev–Trinajstić information content (AvgIpc) is 2.39. The van der Waals surface area contributed by atoms with E-state index in [4.69, 9.17) is 0 Å². The highest BCUT2D eigenvalue weighted by molar-refractivity contribution is 5.94. The summed E-state index contributed by atoms with van der Waals surface area (Å²) in [6.07, 6.45) is 0.704. The number of nitrogens with one attached hydrogen (secondary N) is 2. The topological polar surface area (TPSA) is 61.4 Å². The summed E-state index contributed by atoms with van der Waals surface area (Å²) < 4.78 is 0. The minimum Gasteiger partial charge on any atom is -0.389 e. The van der Waals surface area contributed by atoms with E-state index >= 15 is 0 Å². The molecule has 1 aromatic rings. The molecule has 1 rings (SSSR count). The molecule has 106 valence electrons. The average molecular weight is 264 g/mol. The van der Waals surface area contributed by atoms with Crippen molar-refractivity contribution >= 4 is 5.91 Å². The van der Waals surface area contributed by atoms with Gasteiger partial charge in [0.05, 0.1) is 5.60 Å². The Bertz CT molecular complexity index is 399. The van der Waals surface area contributed by atoms with E-state index in [2.05, 4.69) is 10.6 Å². The quantitative estimate of drug-likeness (QED) is 0.654. The van der Waals surface area contributed by atoms with Crippen molar-refractivity contribution in [3.05, 3.63) is 35.4 Å². The normalized spacial score (nSPS) is 13.9. The largest absolute Gasteiger partial charge is 0.389 e. The molecule has 1 atom stereocenters. The molecule has 1 amide bonds. The number of carbonyl (C=O) groups excluding carboxylic acids is 1. The lowest BCUT2D eigenvalue weighted by molar-refractivity contribution is 0.0561. The zero-order chi connectivity index (χ0) is 14.3. The SMILES string of the molecule is CCC(C)(O)CNCCNC(=O)c1ccc(C)cc1. The van der Waals surface area contributed by atoms with Crippen LogP contribution in [0, 0.1) is 6.92 Å². The van der Waals surface area contributed by atoms with Gasteiger partial charge in [0.25, 0.3) is 5.91 Å². The Labute approximate surface area is 115 Å². The molecule has 19 heavy (non-hydrogen) atoms. The molecule has 0 spiro atoms. The Balaban J connectivity index is 2.23. The number of hydrogen-bond acceptors (Lipinski definition) is 3. The molecule has 1 aromatic carbocycles. The zero-order valence-electron chi connectivity index (χ0n) is 12.0. The molecule has 0 aromatic heterocycles. The van der Waals surface area contributed by atoms with Gasteiger partial charge in [-0.05, 0) is 32.4 Å². The Morgan fingerprint density at radius 2 is 1.89 bits per heavy atom. The van der Waals surface area contributed by atoms with E-state index in [1.807, 2.05) is 38.1 Å². The molecule has 0 aliphatic rings. The molecule has 1 unspecified atom stereocenters. The van der Waals surface area contributed by atoms with Crippen molar-refractivity contribution in [3.8, 4) is 0 Å². The van der Waals surface area contributed by atoms with Crippen molar-refractivity contribution in [2.24, 2.45) is 0 Å². The van der Waals surface area contributed by atoms with Crippen LogP contribution in [0.3, 0.4) is 0 Å². The van der Waals surface area contributed by atoms with Gasteiger partial charge in [-0.25, -0.2) is 0 Å². The monoisotopic (exact) mass is 264 g/mol. The number of aliphatic hydroxyl groups is 1. The Hall–Kier alpha value is -1.39. The summed E-state index contributed by atoms with van der Waals surface area (Å²) >= 11 is 0. The maximum Gasteiger partial charge on any atom is 0.251 e. The standard InChI is InChI=1S/C15H24N2O2/c1-4-15(3,19)11-16-9-10-17-14(18)13-7-5-12(2)6-8-13/h5-8,16,19H,4,9-11H2,1-3H3,(H,17,18). The molecule has 0 fully saturated rings. The number of carbonyl (C=O) groups is 1. The van der Waals surface area contributed by atoms with Crippen molar-refractivity contribution in [3.63, 3.8) is 0 Å². The maximum absolute atomic E-state index is 11.8. The first-order chi connectivity index (χ1) is 8.94. The van der Waals surface area contributed by atoms with E-state index < -0.39 is 5.60 Å². The smallest absolute Gasteiger partial charge is 0.251 e. The van der Waals surface area contributed by atoms with Crippen LogP contribution in [0.1, 0.15) is 36.2 Å².